The van der Waals surface area contributed by atoms with Crippen molar-refractivity contribution in [2.75, 3.05) is 0 Å². The van der Waals surface area contributed by atoms with Gasteiger partial charge in [-0.3, -0.25) is 0 Å². The molecule has 0 amide bonds. The summed E-state index contributed by atoms with van der Waals surface area (Å²) in [5.41, 5.74) is 14.6. The lowest BCUT2D eigenvalue weighted by molar-refractivity contribution is 0.591. The van der Waals surface area contributed by atoms with Crippen molar-refractivity contribution in [3.8, 4) is 33.4 Å². The fraction of sp³-hybridized carbons (Fsp3) is 0.385. The number of fused-ring (bicyclic) bond motifs is 3. The molecule has 0 spiro atoms. The van der Waals surface area contributed by atoms with E-state index in [1.165, 1.54) is 55.6 Å². The van der Waals surface area contributed by atoms with Gasteiger partial charge in [-0.25, -0.2) is 0 Å². The van der Waals surface area contributed by atoms with Gasteiger partial charge in [-0.15, -0.1) is 0 Å². The Morgan fingerprint density at radius 1 is 0.439 bits per heavy atom. The summed E-state index contributed by atoms with van der Waals surface area (Å²) in [6.07, 6.45) is 1.00. The molecular weight excluding hydrogens is 525 g/mol. The second kappa shape index (κ2) is 9.95. The zero-order valence-electron chi connectivity index (χ0n) is 27.6. The molecule has 4 aromatic carbocycles. The van der Waals surface area contributed by atoms with E-state index in [0.29, 0.717) is 0 Å². The molecule has 1 aliphatic carbocycles. The van der Waals surface area contributed by atoms with Gasteiger partial charge in [0, 0.05) is 0 Å². The van der Waals surface area contributed by atoms with Crippen molar-refractivity contribution in [1.29, 1.82) is 0 Å². The Morgan fingerprint density at radius 2 is 0.780 bits per heavy atom. The zero-order chi connectivity index (χ0) is 30.1. The molecule has 0 atom stereocenters. The minimum atomic E-state index is -1.52. The summed E-state index contributed by atoms with van der Waals surface area (Å²) in [5.74, 6) is 0. The van der Waals surface area contributed by atoms with Gasteiger partial charge in [0.1, 0.15) is 0 Å². The maximum absolute atomic E-state index is 2.56. The normalized spacial score (nSPS) is 13.8. The molecule has 0 saturated carbocycles. The van der Waals surface area contributed by atoms with Crippen LogP contribution in [0.25, 0.3) is 33.4 Å². The van der Waals surface area contributed by atoms with E-state index in [1.54, 1.807) is 10.4 Å². The van der Waals surface area contributed by atoms with E-state index in [0.717, 1.165) is 6.42 Å². The molecule has 2 heteroatoms. The van der Waals surface area contributed by atoms with Gasteiger partial charge in [-0.1, -0.05) is 140 Å². The molecule has 1 aliphatic rings. The molecule has 0 aromatic heterocycles. The first-order valence-electron chi connectivity index (χ1n) is 15.4. The molecule has 4 aromatic rings. The van der Waals surface area contributed by atoms with Crippen LogP contribution in [0.1, 0.15) is 63.8 Å². The third-order valence-corrected chi connectivity index (χ3v) is 12.9. The van der Waals surface area contributed by atoms with E-state index < -0.39 is 16.1 Å². The van der Waals surface area contributed by atoms with Crippen LogP contribution >= 0.6 is 0 Å². The quantitative estimate of drug-likeness (QED) is 0.187. The van der Waals surface area contributed by atoms with Crippen LogP contribution in [0.5, 0.6) is 0 Å². The van der Waals surface area contributed by atoms with Crippen molar-refractivity contribution in [2.24, 2.45) is 0 Å². The van der Waals surface area contributed by atoms with E-state index in [-0.39, 0.29) is 10.8 Å². The van der Waals surface area contributed by atoms with Crippen LogP contribution in [0, 0.1) is 0 Å². The topological polar surface area (TPSA) is 0 Å². The Balaban J connectivity index is 1.77. The number of hydrogen-bond donors (Lipinski definition) is 0. The van der Waals surface area contributed by atoms with Gasteiger partial charge in [0.2, 0.25) is 0 Å². The molecule has 0 aliphatic heterocycles. The average Bonchev–Trinajstić information content (AvgIpc) is 3.22. The Labute approximate surface area is 252 Å². The largest absolute Gasteiger partial charge is 0.0784 e. The van der Waals surface area contributed by atoms with E-state index >= 15 is 0 Å². The van der Waals surface area contributed by atoms with Gasteiger partial charge in [0.25, 0.3) is 0 Å². The van der Waals surface area contributed by atoms with Crippen LogP contribution in [-0.4, -0.2) is 16.1 Å². The lowest BCUT2D eigenvalue weighted by atomic mass is 9.78. The van der Waals surface area contributed by atoms with Gasteiger partial charge in [0.05, 0.1) is 16.1 Å². The summed E-state index contributed by atoms with van der Waals surface area (Å²) in [6, 6.07) is 28.6. The molecule has 0 fully saturated rings. The summed E-state index contributed by atoms with van der Waals surface area (Å²) < 4.78 is 0. The first kappa shape index (κ1) is 29.8. The zero-order valence-corrected chi connectivity index (χ0v) is 29.6. The Bertz CT molecular complexity index is 1500. The maximum atomic E-state index is 2.56. The summed E-state index contributed by atoms with van der Waals surface area (Å²) in [5, 5.41) is 3.11. The second-order valence-corrected chi connectivity index (χ2v) is 26.5. The number of benzene rings is 4. The first-order chi connectivity index (χ1) is 18.9. The van der Waals surface area contributed by atoms with Crippen molar-refractivity contribution >= 4 is 26.5 Å². The third kappa shape index (κ3) is 5.58. The molecule has 0 unspecified atom stereocenters. The number of hydrogen-bond acceptors (Lipinski definition) is 0. The molecule has 0 nitrogen and oxygen atoms in total. The highest BCUT2D eigenvalue weighted by Crippen LogP contribution is 2.47. The van der Waals surface area contributed by atoms with Gasteiger partial charge < -0.3 is 0 Å². The molecule has 0 heterocycles. The SMILES string of the molecule is CC(C)(C)c1cc2c(cc1-c1ccccc1[Si](C)(C)C)Cc1cc(-c3ccccc3[Si](C)(C)C)c(C(C)(C)C)cc1-2. The predicted octanol–water partition coefficient (Wildman–Crippen LogP) is 10.3. The first-order valence-corrected chi connectivity index (χ1v) is 22.4. The van der Waals surface area contributed by atoms with Crippen LogP contribution in [0.3, 0.4) is 0 Å². The lowest BCUT2D eigenvalue weighted by Crippen LogP contribution is -2.39. The van der Waals surface area contributed by atoms with Gasteiger partial charge >= 0.3 is 0 Å². The highest BCUT2D eigenvalue weighted by Gasteiger charge is 2.32. The van der Waals surface area contributed by atoms with Crippen molar-refractivity contribution in [2.45, 2.75) is 98.1 Å². The fourth-order valence-electron chi connectivity index (χ4n) is 6.72. The summed E-state index contributed by atoms with van der Waals surface area (Å²) in [7, 11) is -3.05. The van der Waals surface area contributed by atoms with E-state index in [9.17, 15) is 0 Å². The van der Waals surface area contributed by atoms with E-state index in [1.807, 2.05) is 0 Å². The molecule has 0 N–H and O–H groups in total. The maximum Gasteiger partial charge on any atom is 0.0784 e. The highest BCUT2D eigenvalue weighted by molar-refractivity contribution is 6.90. The van der Waals surface area contributed by atoms with Crippen LogP contribution in [0.15, 0.2) is 72.8 Å². The minimum Gasteiger partial charge on any atom is -0.0656 e. The standard InChI is InChI=1S/C39H50Si2/c1-38(2,3)34-24-30-26(22-32(34)28-17-13-15-19-36(28)40(7,8)9)21-27-23-33(35(25-31(27)30)39(4,5)6)29-18-14-16-20-37(29)41(10,11)12/h13-20,22-25H,21H2,1-12H3. The van der Waals surface area contributed by atoms with E-state index in [4.69, 9.17) is 0 Å². The average molecular weight is 575 g/mol. The summed E-state index contributed by atoms with van der Waals surface area (Å²) >= 11 is 0. The molecule has 5 rings (SSSR count). The molecule has 0 saturated heterocycles. The number of rotatable bonds is 4. The Hall–Kier alpha value is -2.69. The van der Waals surface area contributed by atoms with Crippen molar-refractivity contribution in [3.63, 3.8) is 0 Å². The highest BCUT2D eigenvalue weighted by atomic mass is 28.3. The summed E-state index contributed by atoms with van der Waals surface area (Å²) in [4.78, 5) is 0. The van der Waals surface area contributed by atoms with Crippen molar-refractivity contribution in [3.05, 3.63) is 95.1 Å². The second-order valence-electron chi connectivity index (χ2n) is 16.4. The predicted molar refractivity (Wildman–Crippen MR) is 189 cm³/mol. The smallest absolute Gasteiger partial charge is 0.0656 e. The molecule has 0 radical (unpaired) electrons. The lowest BCUT2D eigenvalue weighted by Gasteiger charge is -2.29. The van der Waals surface area contributed by atoms with Gasteiger partial charge in [0.15, 0.2) is 0 Å². The van der Waals surface area contributed by atoms with Crippen molar-refractivity contribution in [1.82, 2.24) is 0 Å². The monoisotopic (exact) mass is 574 g/mol. The Kier molecular flexibility index (Phi) is 7.23. The van der Waals surface area contributed by atoms with Crippen LogP contribution in [0.2, 0.25) is 39.3 Å². The molecule has 41 heavy (non-hydrogen) atoms. The van der Waals surface area contributed by atoms with Crippen LogP contribution < -0.4 is 10.4 Å². The molecular formula is C39H50Si2. The fourth-order valence-corrected chi connectivity index (χ4v) is 9.96. The van der Waals surface area contributed by atoms with Gasteiger partial charge in [-0.2, -0.15) is 0 Å². The molecule has 0 bridgehead atoms. The molecule has 214 valence electrons. The van der Waals surface area contributed by atoms with Crippen molar-refractivity contribution < 1.29 is 0 Å². The van der Waals surface area contributed by atoms with Crippen LogP contribution in [0.4, 0.5) is 0 Å². The van der Waals surface area contributed by atoms with Crippen LogP contribution in [-0.2, 0) is 17.3 Å². The van der Waals surface area contributed by atoms with Gasteiger partial charge in [-0.05, 0) is 97.2 Å². The summed E-state index contributed by atoms with van der Waals surface area (Å²) in [6.45, 7) is 29.1. The van der Waals surface area contributed by atoms with E-state index in [2.05, 4.69) is 154 Å². The minimum absolute atomic E-state index is 0.0444. The Morgan fingerprint density at radius 3 is 1.10 bits per heavy atom. The third-order valence-electron chi connectivity index (χ3n) is 8.82.